The van der Waals surface area contributed by atoms with E-state index in [0.717, 1.165) is 5.56 Å². The third kappa shape index (κ3) is 7.77. The molecule has 1 rings (SSSR count). The van der Waals surface area contributed by atoms with E-state index in [-0.39, 0.29) is 17.3 Å². The summed E-state index contributed by atoms with van der Waals surface area (Å²) in [6.07, 6.45) is 0. The predicted molar refractivity (Wildman–Crippen MR) is 89.0 cm³/mol. The van der Waals surface area contributed by atoms with Gasteiger partial charge in [-0.2, -0.15) is 4.72 Å². The lowest BCUT2D eigenvalue weighted by Gasteiger charge is -2.08. The van der Waals surface area contributed by atoms with Crippen molar-refractivity contribution < 1.29 is 27.5 Å². The summed E-state index contributed by atoms with van der Waals surface area (Å²) in [7, 11) is -3.84. The fraction of sp³-hybridized carbons (Fsp3) is 0.400. The molecular weight excluding hydrogens is 350 g/mol. The maximum atomic E-state index is 12.0. The van der Waals surface area contributed by atoms with Gasteiger partial charge in [-0.1, -0.05) is 17.7 Å². The molecule has 0 radical (unpaired) electrons. The summed E-state index contributed by atoms with van der Waals surface area (Å²) in [5.74, 6) is -1.95. The Labute approximate surface area is 146 Å². The van der Waals surface area contributed by atoms with Crippen LogP contribution in [0, 0.1) is 6.92 Å². The van der Waals surface area contributed by atoms with Crippen molar-refractivity contribution in [2.45, 2.75) is 18.7 Å². The quantitative estimate of drug-likeness (QED) is 0.481. The van der Waals surface area contributed by atoms with E-state index in [0.29, 0.717) is 6.54 Å². The number of carbonyl (C=O) groups excluding carboxylic acids is 3. The van der Waals surface area contributed by atoms with Gasteiger partial charge < -0.3 is 15.4 Å². The highest BCUT2D eigenvalue weighted by Crippen LogP contribution is 2.09. The Kier molecular flexibility index (Phi) is 8.02. The van der Waals surface area contributed by atoms with Crippen molar-refractivity contribution in [1.82, 2.24) is 15.4 Å². The molecule has 2 amide bonds. The zero-order chi connectivity index (χ0) is 18.9. The molecule has 3 N–H and O–H groups in total. The van der Waals surface area contributed by atoms with Crippen LogP contribution in [0.25, 0.3) is 0 Å². The summed E-state index contributed by atoms with van der Waals surface area (Å²) in [6, 6.07) is 6.09. The van der Waals surface area contributed by atoms with Crippen molar-refractivity contribution >= 4 is 27.8 Å². The molecule has 0 saturated heterocycles. The van der Waals surface area contributed by atoms with Crippen LogP contribution in [0.4, 0.5) is 0 Å². The molecule has 9 nitrogen and oxygen atoms in total. The second kappa shape index (κ2) is 9.74. The van der Waals surface area contributed by atoms with E-state index < -0.39 is 35.1 Å². The van der Waals surface area contributed by atoms with Crippen molar-refractivity contribution in [3.8, 4) is 0 Å². The molecule has 25 heavy (non-hydrogen) atoms. The second-order valence-corrected chi connectivity index (χ2v) is 6.80. The Morgan fingerprint density at radius 3 is 2.24 bits per heavy atom. The van der Waals surface area contributed by atoms with Gasteiger partial charge in [-0.05, 0) is 26.0 Å². The highest BCUT2D eigenvalue weighted by Gasteiger charge is 2.16. The molecule has 0 atom stereocenters. The number of nitrogens with one attached hydrogen (secondary N) is 3. The molecule has 0 saturated carbocycles. The van der Waals surface area contributed by atoms with Gasteiger partial charge in [0.05, 0.1) is 11.4 Å². The highest BCUT2D eigenvalue weighted by molar-refractivity contribution is 7.89. The van der Waals surface area contributed by atoms with E-state index in [1.165, 1.54) is 12.1 Å². The monoisotopic (exact) mass is 371 g/mol. The average Bonchev–Trinajstić information content (AvgIpc) is 2.57. The first kappa shape index (κ1) is 20.6. The van der Waals surface area contributed by atoms with Crippen LogP contribution in [0.5, 0.6) is 0 Å². The van der Waals surface area contributed by atoms with E-state index in [1.807, 2.05) is 6.92 Å². The van der Waals surface area contributed by atoms with Crippen LogP contribution >= 0.6 is 0 Å². The maximum absolute atomic E-state index is 12.0. The Balaban J connectivity index is 2.36. The number of hydrogen-bond acceptors (Lipinski definition) is 6. The number of likely N-dealkylation sites (N-methyl/N-ethyl adjacent to an activating group) is 1. The lowest BCUT2D eigenvalue weighted by atomic mass is 10.2. The Hall–Kier alpha value is -2.46. The number of benzene rings is 1. The zero-order valence-corrected chi connectivity index (χ0v) is 14.8. The van der Waals surface area contributed by atoms with E-state index in [2.05, 4.69) is 20.1 Å². The normalized spacial score (nSPS) is 10.8. The largest absolute Gasteiger partial charge is 0.455 e. The van der Waals surface area contributed by atoms with E-state index in [9.17, 15) is 22.8 Å². The number of rotatable bonds is 9. The highest BCUT2D eigenvalue weighted by atomic mass is 32.2. The van der Waals surface area contributed by atoms with Gasteiger partial charge in [-0.25, -0.2) is 8.42 Å². The molecule has 0 fully saturated rings. The number of hydrogen-bond donors (Lipinski definition) is 3. The van der Waals surface area contributed by atoms with Crippen LogP contribution in [0.1, 0.15) is 12.5 Å². The van der Waals surface area contributed by atoms with E-state index in [4.69, 9.17) is 0 Å². The number of amides is 2. The molecule has 0 aliphatic rings. The van der Waals surface area contributed by atoms with Gasteiger partial charge in [0, 0.05) is 6.54 Å². The fourth-order valence-electron chi connectivity index (χ4n) is 1.64. The number of ether oxygens (including phenoxy) is 1. The summed E-state index contributed by atoms with van der Waals surface area (Å²) >= 11 is 0. The lowest BCUT2D eigenvalue weighted by molar-refractivity contribution is -0.147. The number of carbonyl (C=O) groups is 3. The first-order chi connectivity index (χ1) is 11.7. The van der Waals surface area contributed by atoms with Crippen LogP contribution in [0.2, 0.25) is 0 Å². The lowest BCUT2D eigenvalue weighted by Crippen LogP contribution is -2.39. The summed E-state index contributed by atoms with van der Waals surface area (Å²) in [6.45, 7) is 2.54. The first-order valence-electron chi connectivity index (χ1n) is 7.50. The van der Waals surface area contributed by atoms with Gasteiger partial charge in [0.25, 0.3) is 5.91 Å². The van der Waals surface area contributed by atoms with E-state index in [1.54, 1.807) is 19.1 Å². The second-order valence-electron chi connectivity index (χ2n) is 5.03. The van der Waals surface area contributed by atoms with Crippen LogP contribution in [0.3, 0.4) is 0 Å². The average molecular weight is 371 g/mol. The Morgan fingerprint density at radius 2 is 1.64 bits per heavy atom. The minimum absolute atomic E-state index is 0.0191. The maximum Gasteiger partial charge on any atom is 0.321 e. The molecule has 0 aliphatic carbocycles. The summed E-state index contributed by atoms with van der Waals surface area (Å²) in [5.41, 5.74) is 0.900. The molecule has 0 bridgehead atoms. The summed E-state index contributed by atoms with van der Waals surface area (Å²) in [5, 5.41) is 4.74. The van der Waals surface area contributed by atoms with Gasteiger partial charge in [-0.15, -0.1) is 0 Å². The smallest absolute Gasteiger partial charge is 0.321 e. The summed E-state index contributed by atoms with van der Waals surface area (Å²) in [4.78, 5) is 34.1. The van der Waals surface area contributed by atoms with Crippen LogP contribution < -0.4 is 15.4 Å². The third-order valence-corrected chi connectivity index (χ3v) is 4.34. The molecule has 10 heteroatoms. The molecule has 1 aromatic carbocycles. The molecular formula is C15H21N3O6S. The van der Waals surface area contributed by atoms with Crippen molar-refractivity contribution in [3.63, 3.8) is 0 Å². The van der Waals surface area contributed by atoms with E-state index >= 15 is 0 Å². The fourth-order valence-corrected chi connectivity index (χ4v) is 2.61. The minimum Gasteiger partial charge on any atom is -0.455 e. The number of aryl methyl sites for hydroxylation is 1. The van der Waals surface area contributed by atoms with Crippen LogP contribution in [-0.4, -0.2) is 52.4 Å². The Morgan fingerprint density at radius 1 is 1.00 bits per heavy atom. The van der Waals surface area contributed by atoms with Crippen molar-refractivity contribution in [2.24, 2.45) is 0 Å². The standard InChI is InChI=1S/C15H21N3O6S/c1-3-16-13(19)8-17-14(20)10-24-15(21)9-18-25(22,23)12-6-4-11(2)5-7-12/h4-7,18H,3,8-10H2,1-2H3,(H,16,19)(H,17,20). The molecule has 0 aromatic heterocycles. The van der Waals surface area contributed by atoms with Crippen molar-refractivity contribution in [1.29, 1.82) is 0 Å². The first-order valence-corrected chi connectivity index (χ1v) is 8.98. The minimum atomic E-state index is -3.84. The van der Waals surface area contributed by atoms with Gasteiger partial charge in [-0.3, -0.25) is 14.4 Å². The van der Waals surface area contributed by atoms with Gasteiger partial charge in [0.2, 0.25) is 15.9 Å². The number of esters is 1. The topological polar surface area (TPSA) is 131 Å². The van der Waals surface area contributed by atoms with Crippen LogP contribution in [-0.2, 0) is 29.1 Å². The molecule has 0 unspecified atom stereocenters. The van der Waals surface area contributed by atoms with Gasteiger partial charge in [0.1, 0.15) is 6.54 Å². The molecule has 0 spiro atoms. The Bertz CT molecular complexity index is 715. The molecule has 138 valence electrons. The van der Waals surface area contributed by atoms with Gasteiger partial charge in [0.15, 0.2) is 6.61 Å². The molecule has 0 heterocycles. The summed E-state index contributed by atoms with van der Waals surface area (Å²) < 4.78 is 30.7. The molecule has 1 aromatic rings. The van der Waals surface area contributed by atoms with Crippen molar-refractivity contribution in [2.75, 3.05) is 26.2 Å². The predicted octanol–water partition coefficient (Wildman–Crippen LogP) is -0.931. The number of sulfonamides is 1. The third-order valence-electron chi connectivity index (χ3n) is 2.92. The van der Waals surface area contributed by atoms with Gasteiger partial charge >= 0.3 is 5.97 Å². The van der Waals surface area contributed by atoms with Crippen LogP contribution in [0.15, 0.2) is 29.2 Å². The zero-order valence-electron chi connectivity index (χ0n) is 14.0. The molecule has 0 aliphatic heterocycles. The van der Waals surface area contributed by atoms with Crippen molar-refractivity contribution in [3.05, 3.63) is 29.8 Å². The SMILES string of the molecule is CCNC(=O)CNC(=O)COC(=O)CNS(=O)(=O)c1ccc(C)cc1.